The van der Waals surface area contributed by atoms with E-state index in [0.717, 1.165) is 0 Å². The lowest BCUT2D eigenvalue weighted by molar-refractivity contribution is 0.254. The van der Waals surface area contributed by atoms with Gasteiger partial charge in [0.25, 0.3) is 0 Å². The Kier molecular flexibility index (Phi) is 3.75. The van der Waals surface area contributed by atoms with Crippen LogP contribution in [-0.4, -0.2) is 13.2 Å². The highest BCUT2D eigenvalue weighted by atomic mass is 16.5. The van der Waals surface area contributed by atoms with E-state index in [1.165, 1.54) is 0 Å². The maximum atomic E-state index is 8.71. The van der Waals surface area contributed by atoms with Crippen LogP contribution in [0.25, 0.3) is 0 Å². The molecule has 0 spiro atoms. The predicted octanol–water partition coefficient (Wildman–Crippen LogP) is 2.52. The van der Waals surface area contributed by atoms with Crippen LogP contribution in [0.5, 0.6) is 11.5 Å². The molecule has 0 aliphatic carbocycles. The van der Waals surface area contributed by atoms with Crippen molar-refractivity contribution in [2.75, 3.05) is 7.11 Å². The Labute approximate surface area is 89.6 Å². The predicted molar refractivity (Wildman–Crippen MR) is 58.0 cm³/mol. The molecule has 1 unspecified atom stereocenters. The average molecular weight is 203 g/mol. The van der Waals surface area contributed by atoms with Crippen molar-refractivity contribution in [3.8, 4) is 17.6 Å². The highest BCUT2D eigenvalue weighted by molar-refractivity contribution is 5.46. The van der Waals surface area contributed by atoms with Gasteiger partial charge in [0.05, 0.1) is 18.7 Å². The zero-order valence-corrected chi connectivity index (χ0v) is 8.86. The van der Waals surface area contributed by atoms with Crippen molar-refractivity contribution < 1.29 is 9.47 Å². The van der Waals surface area contributed by atoms with E-state index in [1.807, 2.05) is 13.0 Å². The molecule has 1 aromatic rings. The topological polar surface area (TPSA) is 42.2 Å². The largest absolute Gasteiger partial charge is 0.493 e. The first-order valence-corrected chi connectivity index (χ1v) is 4.58. The van der Waals surface area contributed by atoms with Gasteiger partial charge in [-0.2, -0.15) is 5.26 Å². The smallest absolute Gasteiger partial charge is 0.162 e. The molecule has 0 saturated carbocycles. The van der Waals surface area contributed by atoms with Gasteiger partial charge in [0.2, 0.25) is 0 Å². The fraction of sp³-hybridized carbons (Fsp3) is 0.250. The van der Waals surface area contributed by atoms with Crippen LogP contribution in [0.1, 0.15) is 12.5 Å². The fourth-order valence-electron chi connectivity index (χ4n) is 1.08. The Morgan fingerprint density at radius 3 is 2.73 bits per heavy atom. The van der Waals surface area contributed by atoms with Gasteiger partial charge in [-0.3, -0.25) is 0 Å². The molecule has 0 radical (unpaired) electrons. The van der Waals surface area contributed by atoms with Gasteiger partial charge in [-0.1, -0.05) is 12.7 Å². The molecule has 1 aromatic carbocycles. The number of nitrogens with zero attached hydrogens (tertiary/aromatic N) is 1. The van der Waals surface area contributed by atoms with E-state index in [4.69, 9.17) is 14.7 Å². The molecule has 15 heavy (non-hydrogen) atoms. The Hall–Kier alpha value is -1.95. The average Bonchev–Trinajstić information content (AvgIpc) is 2.29. The van der Waals surface area contributed by atoms with Gasteiger partial charge in [0, 0.05) is 6.07 Å². The molecule has 78 valence electrons. The summed E-state index contributed by atoms with van der Waals surface area (Å²) in [6, 6.07) is 7.09. The van der Waals surface area contributed by atoms with E-state index in [1.54, 1.807) is 31.4 Å². The van der Waals surface area contributed by atoms with E-state index < -0.39 is 0 Å². The summed E-state index contributed by atoms with van der Waals surface area (Å²) >= 11 is 0. The third-order valence-corrected chi connectivity index (χ3v) is 1.94. The first kappa shape index (κ1) is 11.1. The lowest BCUT2D eigenvalue weighted by atomic mass is 10.2. The zero-order valence-electron chi connectivity index (χ0n) is 8.86. The number of ether oxygens (including phenoxy) is 2. The molecule has 0 aliphatic heterocycles. The van der Waals surface area contributed by atoms with Crippen molar-refractivity contribution in [2.45, 2.75) is 13.0 Å². The Morgan fingerprint density at radius 2 is 2.20 bits per heavy atom. The molecule has 1 rings (SSSR count). The van der Waals surface area contributed by atoms with E-state index >= 15 is 0 Å². The quantitative estimate of drug-likeness (QED) is 0.706. The summed E-state index contributed by atoms with van der Waals surface area (Å²) in [5.41, 5.74) is 0.547. The molecular weight excluding hydrogens is 190 g/mol. The summed E-state index contributed by atoms with van der Waals surface area (Å²) in [4.78, 5) is 0. The second kappa shape index (κ2) is 5.06. The van der Waals surface area contributed by atoms with Crippen LogP contribution in [0.2, 0.25) is 0 Å². The number of hydrogen-bond acceptors (Lipinski definition) is 3. The molecule has 0 aliphatic rings. The normalized spacial score (nSPS) is 11.3. The highest BCUT2D eigenvalue weighted by Gasteiger charge is 2.07. The Balaban J connectivity index is 2.98. The van der Waals surface area contributed by atoms with E-state index in [9.17, 15) is 0 Å². The van der Waals surface area contributed by atoms with Crippen molar-refractivity contribution in [2.24, 2.45) is 0 Å². The third-order valence-electron chi connectivity index (χ3n) is 1.94. The van der Waals surface area contributed by atoms with Gasteiger partial charge in [-0.15, -0.1) is 0 Å². The molecule has 3 nitrogen and oxygen atoms in total. The first-order valence-electron chi connectivity index (χ1n) is 4.58. The molecule has 0 aromatic heterocycles. The van der Waals surface area contributed by atoms with Gasteiger partial charge in [-0.05, 0) is 19.1 Å². The van der Waals surface area contributed by atoms with Gasteiger partial charge in [0.15, 0.2) is 11.5 Å². The first-order chi connectivity index (χ1) is 7.21. The maximum Gasteiger partial charge on any atom is 0.162 e. The van der Waals surface area contributed by atoms with Crippen LogP contribution in [0, 0.1) is 11.3 Å². The summed E-state index contributed by atoms with van der Waals surface area (Å²) in [6.07, 6.45) is 1.60. The van der Waals surface area contributed by atoms with Crippen molar-refractivity contribution in [1.82, 2.24) is 0 Å². The van der Waals surface area contributed by atoms with Crippen LogP contribution >= 0.6 is 0 Å². The van der Waals surface area contributed by atoms with Crippen molar-refractivity contribution in [3.05, 3.63) is 36.4 Å². The molecule has 3 heteroatoms. The minimum absolute atomic E-state index is 0.0909. The third kappa shape index (κ3) is 2.75. The number of nitriles is 1. The lowest BCUT2D eigenvalue weighted by Crippen LogP contribution is -2.08. The fourth-order valence-corrected chi connectivity index (χ4v) is 1.08. The monoisotopic (exact) mass is 203 g/mol. The molecule has 0 fully saturated rings. The maximum absolute atomic E-state index is 8.71. The van der Waals surface area contributed by atoms with E-state index in [0.29, 0.717) is 17.1 Å². The zero-order chi connectivity index (χ0) is 11.3. The standard InChI is InChI=1S/C12H13NO2/c1-4-9(2)15-11-6-5-10(8-13)7-12(11)14-3/h4-7,9H,1H2,2-3H3. The second-order valence-electron chi connectivity index (χ2n) is 3.04. The van der Waals surface area contributed by atoms with Crippen molar-refractivity contribution in [1.29, 1.82) is 5.26 Å². The van der Waals surface area contributed by atoms with Crippen molar-refractivity contribution >= 4 is 0 Å². The Bertz CT molecular complexity index is 393. The Morgan fingerprint density at radius 1 is 1.47 bits per heavy atom. The molecule has 0 N–H and O–H groups in total. The minimum atomic E-state index is -0.0909. The summed E-state index contributed by atoms with van der Waals surface area (Å²) in [6.45, 7) is 5.51. The second-order valence-corrected chi connectivity index (χ2v) is 3.04. The van der Waals surface area contributed by atoms with Crippen LogP contribution in [-0.2, 0) is 0 Å². The summed E-state index contributed by atoms with van der Waals surface area (Å²) < 4.78 is 10.7. The SMILES string of the molecule is C=CC(C)Oc1ccc(C#N)cc1OC. The molecule has 0 bridgehead atoms. The van der Waals surface area contributed by atoms with Crippen LogP contribution in [0.15, 0.2) is 30.9 Å². The lowest BCUT2D eigenvalue weighted by Gasteiger charge is -2.13. The summed E-state index contributed by atoms with van der Waals surface area (Å²) in [5.74, 6) is 1.17. The van der Waals surface area contributed by atoms with Gasteiger partial charge < -0.3 is 9.47 Å². The molecule has 0 amide bonds. The van der Waals surface area contributed by atoms with Crippen molar-refractivity contribution in [3.63, 3.8) is 0 Å². The molecular formula is C12H13NO2. The number of rotatable bonds is 4. The van der Waals surface area contributed by atoms with Crippen LogP contribution in [0.4, 0.5) is 0 Å². The summed E-state index contributed by atoms with van der Waals surface area (Å²) in [7, 11) is 1.54. The van der Waals surface area contributed by atoms with E-state index in [-0.39, 0.29) is 6.10 Å². The number of benzene rings is 1. The van der Waals surface area contributed by atoms with Crippen LogP contribution in [0.3, 0.4) is 0 Å². The van der Waals surface area contributed by atoms with E-state index in [2.05, 4.69) is 6.58 Å². The molecule has 0 saturated heterocycles. The van der Waals surface area contributed by atoms with Gasteiger partial charge >= 0.3 is 0 Å². The summed E-state index contributed by atoms with van der Waals surface area (Å²) in [5, 5.41) is 8.71. The number of hydrogen-bond donors (Lipinski definition) is 0. The molecule has 1 atom stereocenters. The van der Waals surface area contributed by atoms with Gasteiger partial charge in [0.1, 0.15) is 6.10 Å². The van der Waals surface area contributed by atoms with Crippen LogP contribution < -0.4 is 9.47 Å². The van der Waals surface area contributed by atoms with Gasteiger partial charge in [-0.25, -0.2) is 0 Å². The number of methoxy groups -OCH3 is 1. The highest BCUT2D eigenvalue weighted by Crippen LogP contribution is 2.28. The molecule has 0 heterocycles. The minimum Gasteiger partial charge on any atom is -0.493 e.